The monoisotopic (exact) mass is 465 g/mol. The molecule has 8 nitrogen and oxygen atoms in total. The highest BCUT2D eigenvalue weighted by atomic mass is 35.5. The lowest BCUT2D eigenvalue weighted by molar-refractivity contribution is 0.0940. The fraction of sp³-hybridized carbons (Fsp3) is 0.292. The second kappa shape index (κ2) is 8.20. The molecule has 0 saturated heterocycles. The highest BCUT2D eigenvalue weighted by Crippen LogP contribution is 2.31. The predicted octanol–water partition coefficient (Wildman–Crippen LogP) is 4.38. The number of imidazole rings is 1. The Morgan fingerprint density at radius 1 is 1.30 bits per heavy atom. The number of nitrogens with one attached hydrogen (secondary N) is 2. The van der Waals surface area contributed by atoms with Crippen LogP contribution in [0.2, 0.25) is 5.02 Å². The first-order chi connectivity index (χ1) is 15.8. The van der Waals surface area contributed by atoms with Gasteiger partial charge >= 0.3 is 0 Å². The molecule has 3 aromatic heterocycles. The minimum Gasteiger partial charge on any atom is -0.472 e. The van der Waals surface area contributed by atoms with E-state index in [1.807, 2.05) is 22.7 Å². The molecule has 3 N–H and O–H groups in total. The second-order valence-corrected chi connectivity index (χ2v) is 9.34. The van der Waals surface area contributed by atoms with E-state index in [1.165, 1.54) is 0 Å². The molecule has 0 radical (unpaired) electrons. The number of anilines is 1. The highest BCUT2D eigenvalue weighted by Gasteiger charge is 2.25. The molecule has 1 saturated carbocycles. The number of carbonyl (C=O) groups excluding carboxylic acids is 1. The second-order valence-electron chi connectivity index (χ2n) is 8.93. The minimum atomic E-state index is -0.926. The molecular formula is C24H24ClN5O3. The molecule has 1 amide bonds. The number of rotatable bonds is 7. The van der Waals surface area contributed by atoms with Gasteiger partial charge in [0.25, 0.3) is 5.91 Å². The van der Waals surface area contributed by atoms with Gasteiger partial charge in [0.2, 0.25) is 0 Å². The smallest absolute Gasteiger partial charge is 0.253 e. The maximum absolute atomic E-state index is 12.4. The van der Waals surface area contributed by atoms with Gasteiger partial charge in [-0.3, -0.25) is 9.20 Å². The van der Waals surface area contributed by atoms with Crippen molar-refractivity contribution in [3.63, 3.8) is 0 Å². The van der Waals surface area contributed by atoms with Gasteiger partial charge in [0.15, 0.2) is 11.5 Å². The van der Waals surface area contributed by atoms with Gasteiger partial charge < -0.3 is 20.2 Å². The van der Waals surface area contributed by atoms with E-state index >= 15 is 0 Å². The average Bonchev–Trinajstić information content (AvgIpc) is 3.24. The number of furan rings is 1. The van der Waals surface area contributed by atoms with Gasteiger partial charge in [-0.1, -0.05) is 17.7 Å². The van der Waals surface area contributed by atoms with Gasteiger partial charge in [-0.15, -0.1) is 0 Å². The molecule has 4 aromatic rings. The summed E-state index contributed by atoms with van der Waals surface area (Å²) in [6, 6.07) is 7.46. The van der Waals surface area contributed by atoms with E-state index in [0.717, 1.165) is 29.7 Å². The summed E-state index contributed by atoms with van der Waals surface area (Å²) in [5, 5.41) is 16.7. The number of amides is 1. The summed E-state index contributed by atoms with van der Waals surface area (Å²) >= 11 is 6.48. The van der Waals surface area contributed by atoms with Crippen LogP contribution in [0, 0.1) is 0 Å². The zero-order valence-electron chi connectivity index (χ0n) is 18.3. The molecule has 0 spiro atoms. The normalized spacial score (nSPS) is 13.9. The molecule has 9 heteroatoms. The van der Waals surface area contributed by atoms with Crippen LogP contribution in [-0.4, -0.2) is 43.6 Å². The third kappa shape index (κ3) is 4.58. The van der Waals surface area contributed by atoms with Crippen LogP contribution >= 0.6 is 11.6 Å². The summed E-state index contributed by atoms with van der Waals surface area (Å²) in [5.41, 5.74) is 3.23. The van der Waals surface area contributed by atoms with Crippen LogP contribution in [0.25, 0.3) is 28.2 Å². The Morgan fingerprint density at radius 3 is 2.79 bits per heavy atom. The summed E-state index contributed by atoms with van der Waals surface area (Å²) in [4.78, 5) is 21.7. The Labute approximate surface area is 195 Å². The lowest BCUT2D eigenvalue weighted by Gasteiger charge is -2.18. The summed E-state index contributed by atoms with van der Waals surface area (Å²) in [6.45, 7) is 3.73. The molecule has 1 aliphatic carbocycles. The van der Waals surface area contributed by atoms with Crippen LogP contribution in [0.15, 0.2) is 53.6 Å². The van der Waals surface area contributed by atoms with Crippen molar-refractivity contribution in [3.8, 4) is 22.5 Å². The van der Waals surface area contributed by atoms with Crippen LogP contribution in [0.4, 0.5) is 5.82 Å². The van der Waals surface area contributed by atoms with E-state index < -0.39 is 5.60 Å². The maximum Gasteiger partial charge on any atom is 0.253 e. The molecule has 3 heterocycles. The fourth-order valence-electron chi connectivity index (χ4n) is 3.52. The van der Waals surface area contributed by atoms with Crippen LogP contribution in [-0.2, 0) is 0 Å². The summed E-state index contributed by atoms with van der Waals surface area (Å²) in [7, 11) is 0. The Hall–Kier alpha value is -3.36. The molecule has 33 heavy (non-hydrogen) atoms. The SMILES string of the molecule is CC(C)(O)CNc1nc(-c2ccoc2)cn2c(-c3ccc(C(=O)NC4CC4)c(Cl)c3)cnc12. The Balaban J connectivity index is 1.56. The predicted molar refractivity (Wildman–Crippen MR) is 126 cm³/mol. The number of aromatic nitrogens is 3. The van der Waals surface area contributed by atoms with E-state index in [2.05, 4.69) is 15.6 Å². The van der Waals surface area contributed by atoms with Crippen LogP contribution in [0.1, 0.15) is 37.0 Å². The number of hydrogen-bond donors (Lipinski definition) is 3. The Kier molecular flexibility index (Phi) is 5.34. The third-order valence-corrected chi connectivity index (χ3v) is 5.73. The van der Waals surface area contributed by atoms with E-state index in [4.69, 9.17) is 21.0 Å². The molecule has 0 bridgehead atoms. The maximum atomic E-state index is 12.4. The minimum absolute atomic E-state index is 0.156. The van der Waals surface area contributed by atoms with Crippen LogP contribution in [0.3, 0.4) is 0 Å². The van der Waals surface area contributed by atoms with Crippen LogP contribution in [0.5, 0.6) is 0 Å². The lowest BCUT2D eigenvalue weighted by Crippen LogP contribution is -2.29. The molecule has 5 rings (SSSR count). The number of benzene rings is 1. The van der Waals surface area contributed by atoms with E-state index in [0.29, 0.717) is 34.3 Å². The van der Waals surface area contributed by atoms with Gasteiger partial charge in [0.05, 0.1) is 46.3 Å². The molecule has 0 unspecified atom stereocenters. The van der Waals surface area contributed by atoms with Gasteiger partial charge in [-0.25, -0.2) is 9.97 Å². The largest absolute Gasteiger partial charge is 0.472 e. The lowest BCUT2D eigenvalue weighted by atomic mass is 10.1. The quantitative estimate of drug-likeness (QED) is 0.374. The third-order valence-electron chi connectivity index (χ3n) is 5.42. The van der Waals surface area contributed by atoms with Gasteiger partial charge in [0.1, 0.15) is 0 Å². The van der Waals surface area contributed by atoms with E-state index in [-0.39, 0.29) is 11.9 Å². The van der Waals surface area contributed by atoms with Crippen molar-refractivity contribution in [2.45, 2.75) is 38.3 Å². The molecule has 1 aliphatic rings. The first-order valence-electron chi connectivity index (χ1n) is 10.8. The zero-order valence-corrected chi connectivity index (χ0v) is 19.1. The first-order valence-corrected chi connectivity index (χ1v) is 11.1. The van der Waals surface area contributed by atoms with Gasteiger partial charge in [-0.2, -0.15) is 0 Å². The van der Waals surface area contributed by atoms with Crippen molar-refractivity contribution in [1.82, 2.24) is 19.7 Å². The first kappa shape index (κ1) is 21.5. The number of aliphatic hydroxyl groups is 1. The standard InChI is InChI=1S/C24H24ClN5O3/c1-24(2,32)13-27-21-22-26-10-20(30(22)11-19(29-21)15-7-8-33-12-15)14-3-6-17(18(25)9-14)23(31)28-16-4-5-16/h3,6-12,16,32H,4-5,13H2,1-2H3,(H,27,29)(H,28,31). The van der Waals surface area contributed by atoms with Crippen molar-refractivity contribution >= 4 is 29.0 Å². The van der Waals surface area contributed by atoms with Crippen molar-refractivity contribution in [3.05, 3.63) is 59.8 Å². The topological polar surface area (TPSA) is 105 Å². The van der Waals surface area contributed by atoms with Crippen LogP contribution < -0.4 is 10.6 Å². The number of halogens is 1. The average molecular weight is 466 g/mol. The summed E-state index contributed by atoms with van der Waals surface area (Å²) in [6.07, 6.45) is 8.85. The van der Waals surface area contributed by atoms with Crippen molar-refractivity contribution in [2.75, 3.05) is 11.9 Å². The number of hydrogen-bond acceptors (Lipinski definition) is 6. The van der Waals surface area contributed by atoms with Crippen molar-refractivity contribution in [1.29, 1.82) is 0 Å². The molecule has 0 aliphatic heterocycles. The van der Waals surface area contributed by atoms with E-state index in [1.54, 1.807) is 44.7 Å². The molecule has 1 aromatic carbocycles. The molecule has 170 valence electrons. The Morgan fingerprint density at radius 2 is 2.12 bits per heavy atom. The Bertz CT molecular complexity index is 1320. The summed E-state index contributed by atoms with van der Waals surface area (Å²) in [5.74, 6) is 0.380. The van der Waals surface area contributed by atoms with Gasteiger partial charge in [0, 0.05) is 29.9 Å². The van der Waals surface area contributed by atoms with Crippen molar-refractivity contribution < 1.29 is 14.3 Å². The zero-order chi connectivity index (χ0) is 23.2. The van der Waals surface area contributed by atoms with Crippen molar-refractivity contribution in [2.24, 2.45) is 0 Å². The molecular weight excluding hydrogens is 442 g/mol. The number of nitrogens with zero attached hydrogens (tertiary/aromatic N) is 3. The van der Waals surface area contributed by atoms with Gasteiger partial charge in [-0.05, 0) is 44.9 Å². The highest BCUT2D eigenvalue weighted by molar-refractivity contribution is 6.34. The summed E-state index contributed by atoms with van der Waals surface area (Å²) < 4.78 is 7.15. The number of fused-ring (bicyclic) bond motifs is 1. The fourth-order valence-corrected chi connectivity index (χ4v) is 3.79. The number of carbonyl (C=O) groups is 1. The van der Waals surface area contributed by atoms with E-state index in [9.17, 15) is 9.90 Å². The molecule has 0 atom stereocenters. The molecule has 1 fully saturated rings.